The highest BCUT2D eigenvalue weighted by molar-refractivity contribution is 5.89. The molecule has 0 spiro atoms. The summed E-state index contributed by atoms with van der Waals surface area (Å²) in [6, 6.07) is 4.95. The number of hydrogen-bond acceptors (Lipinski definition) is 5. The molecule has 1 unspecified atom stereocenters. The van der Waals surface area contributed by atoms with Crippen LogP contribution in [0.2, 0.25) is 0 Å². The maximum Gasteiger partial charge on any atom is 0.343 e. The lowest BCUT2D eigenvalue weighted by Gasteiger charge is -2.33. The number of aromatic hydroxyl groups is 1. The largest absolute Gasteiger partial charge is 0.504 e. The van der Waals surface area contributed by atoms with Crippen molar-refractivity contribution in [3.63, 3.8) is 0 Å². The van der Waals surface area contributed by atoms with Crippen molar-refractivity contribution in [1.82, 2.24) is 4.57 Å². The maximum atomic E-state index is 12.5. The van der Waals surface area contributed by atoms with Gasteiger partial charge in [-0.05, 0) is 37.0 Å². The Kier molecular flexibility index (Phi) is 6.89. The van der Waals surface area contributed by atoms with E-state index in [4.69, 9.17) is 9.47 Å². The molecule has 6 heteroatoms. The van der Waals surface area contributed by atoms with Crippen molar-refractivity contribution in [3.05, 3.63) is 45.7 Å². The Labute approximate surface area is 165 Å². The molecule has 1 atom stereocenters. The molecule has 6 nitrogen and oxygen atoms in total. The Balaban J connectivity index is 0.00000136. The van der Waals surface area contributed by atoms with E-state index in [-0.39, 0.29) is 35.3 Å². The fourth-order valence-electron chi connectivity index (χ4n) is 3.47. The fraction of sp³-hybridized carbons (Fsp3) is 0.455. The van der Waals surface area contributed by atoms with Crippen molar-refractivity contribution >= 4 is 5.97 Å². The third kappa shape index (κ3) is 3.91. The molecule has 152 valence electrons. The van der Waals surface area contributed by atoms with Crippen LogP contribution in [-0.2, 0) is 11.2 Å². The molecule has 1 N–H and O–H groups in total. The van der Waals surface area contributed by atoms with Crippen molar-refractivity contribution in [1.29, 1.82) is 0 Å². The van der Waals surface area contributed by atoms with E-state index in [0.717, 1.165) is 11.1 Å². The van der Waals surface area contributed by atoms with Gasteiger partial charge >= 0.3 is 5.97 Å². The van der Waals surface area contributed by atoms with Gasteiger partial charge in [-0.3, -0.25) is 4.79 Å². The fourth-order valence-corrected chi connectivity index (χ4v) is 3.47. The minimum Gasteiger partial charge on any atom is -0.504 e. The lowest BCUT2D eigenvalue weighted by atomic mass is 9.87. The number of nitrogens with zero attached hydrogens (tertiary/aromatic N) is 1. The van der Waals surface area contributed by atoms with Crippen LogP contribution in [-0.4, -0.2) is 29.4 Å². The molecule has 0 amide bonds. The molecule has 1 aliphatic rings. The quantitative estimate of drug-likeness (QED) is 0.796. The summed E-state index contributed by atoms with van der Waals surface area (Å²) in [4.78, 5) is 24.7. The summed E-state index contributed by atoms with van der Waals surface area (Å²) >= 11 is 0. The number of phenols is 1. The molecule has 1 aliphatic heterocycles. The van der Waals surface area contributed by atoms with Crippen LogP contribution in [0, 0.1) is 5.92 Å². The lowest BCUT2D eigenvalue weighted by Crippen LogP contribution is -2.28. The number of phenolic OH excluding ortho intramolecular Hbond substituents is 1. The van der Waals surface area contributed by atoms with Crippen LogP contribution in [0.3, 0.4) is 0 Å². The first-order valence-electron chi connectivity index (χ1n) is 9.70. The Bertz CT molecular complexity index is 914. The number of ether oxygens (including phenoxy) is 2. The van der Waals surface area contributed by atoms with Crippen molar-refractivity contribution in [2.75, 3.05) is 13.7 Å². The molecular weight excluding hydrogens is 358 g/mol. The summed E-state index contributed by atoms with van der Waals surface area (Å²) in [6.45, 7) is 10.1. The minimum atomic E-state index is -0.607. The Hall–Kier alpha value is -2.76. The van der Waals surface area contributed by atoms with Crippen LogP contribution in [0.15, 0.2) is 29.2 Å². The van der Waals surface area contributed by atoms with Gasteiger partial charge in [-0.25, -0.2) is 4.79 Å². The lowest BCUT2D eigenvalue weighted by molar-refractivity contribution is 0.0523. The van der Waals surface area contributed by atoms with E-state index in [1.54, 1.807) is 25.3 Å². The average molecular weight is 387 g/mol. The van der Waals surface area contributed by atoms with Crippen LogP contribution >= 0.6 is 0 Å². The van der Waals surface area contributed by atoms with Gasteiger partial charge in [-0.1, -0.05) is 27.7 Å². The van der Waals surface area contributed by atoms with Gasteiger partial charge in [0, 0.05) is 23.9 Å². The second-order valence-corrected chi connectivity index (χ2v) is 6.76. The summed E-state index contributed by atoms with van der Waals surface area (Å²) in [7, 11) is 1.48. The summed E-state index contributed by atoms with van der Waals surface area (Å²) in [6.07, 6.45) is 2.28. The van der Waals surface area contributed by atoms with Gasteiger partial charge in [0.1, 0.15) is 5.56 Å². The molecule has 2 heterocycles. The zero-order valence-corrected chi connectivity index (χ0v) is 17.4. The molecule has 0 saturated heterocycles. The van der Waals surface area contributed by atoms with Crippen LogP contribution in [0.5, 0.6) is 11.5 Å². The van der Waals surface area contributed by atoms with Gasteiger partial charge < -0.3 is 19.1 Å². The number of carbonyl (C=O) groups is 1. The highest BCUT2D eigenvalue weighted by Crippen LogP contribution is 2.42. The van der Waals surface area contributed by atoms with E-state index in [1.807, 2.05) is 18.4 Å². The number of hydrogen-bond donors (Lipinski definition) is 1. The van der Waals surface area contributed by atoms with Crippen LogP contribution < -0.4 is 10.2 Å². The third-order valence-electron chi connectivity index (χ3n) is 4.81. The number of pyridine rings is 1. The van der Waals surface area contributed by atoms with E-state index in [0.29, 0.717) is 17.9 Å². The summed E-state index contributed by atoms with van der Waals surface area (Å²) in [5.74, 6) is 0.0843. The predicted octanol–water partition coefficient (Wildman–Crippen LogP) is 4.19. The molecule has 1 aromatic carbocycles. The van der Waals surface area contributed by atoms with Gasteiger partial charge in [0.2, 0.25) is 0 Å². The molecule has 1 aromatic heterocycles. The van der Waals surface area contributed by atoms with Crippen molar-refractivity contribution in [2.45, 2.75) is 47.1 Å². The molecule has 2 aromatic rings. The maximum absolute atomic E-state index is 12.5. The van der Waals surface area contributed by atoms with Crippen LogP contribution in [0.4, 0.5) is 0 Å². The zero-order chi connectivity index (χ0) is 21.0. The SMILES string of the molecule is CC.CCOC(=O)c1cn2c(cc1=O)-c1cc(OC)c(O)cc1CC2C(C)C. The summed E-state index contributed by atoms with van der Waals surface area (Å²) < 4.78 is 12.2. The standard InChI is InChI=1S/C20H23NO5.C2H6/c1-5-26-20(24)14-10-21-15(11(2)3)6-12-7-18(23)19(25-4)8-13(12)16(21)9-17(14)22;1-2/h7-11,15,23H,5-6H2,1-4H3;1-2H3. The van der Waals surface area contributed by atoms with E-state index in [9.17, 15) is 14.7 Å². The highest BCUT2D eigenvalue weighted by atomic mass is 16.5. The van der Waals surface area contributed by atoms with Crippen molar-refractivity contribution in [2.24, 2.45) is 5.92 Å². The second kappa shape index (κ2) is 8.95. The first kappa shape index (κ1) is 21.5. The van der Waals surface area contributed by atoms with E-state index < -0.39 is 5.97 Å². The predicted molar refractivity (Wildman–Crippen MR) is 109 cm³/mol. The Morgan fingerprint density at radius 2 is 1.96 bits per heavy atom. The van der Waals surface area contributed by atoms with E-state index >= 15 is 0 Å². The van der Waals surface area contributed by atoms with Gasteiger partial charge in [0.05, 0.1) is 19.4 Å². The normalized spacial score (nSPS) is 14.5. The number of carbonyl (C=O) groups excluding carboxylic acids is 1. The van der Waals surface area contributed by atoms with Gasteiger partial charge in [-0.2, -0.15) is 0 Å². The van der Waals surface area contributed by atoms with E-state index in [2.05, 4.69) is 13.8 Å². The molecule has 0 fully saturated rings. The molecule has 0 radical (unpaired) electrons. The molecule has 0 aliphatic carbocycles. The summed E-state index contributed by atoms with van der Waals surface area (Å²) in [5, 5.41) is 10.1. The van der Waals surface area contributed by atoms with Crippen molar-refractivity contribution in [3.8, 4) is 22.8 Å². The van der Waals surface area contributed by atoms with Crippen LogP contribution in [0.25, 0.3) is 11.3 Å². The van der Waals surface area contributed by atoms with Gasteiger partial charge in [-0.15, -0.1) is 0 Å². The number of esters is 1. The molecule has 28 heavy (non-hydrogen) atoms. The minimum absolute atomic E-state index is 0.0374. The Morgan fingerprint density at radius 1 is 1.29 bits per heavy atom. The number of aromatic nitrogens is 1. The number of rotatable bonds is 4. The smallest absolute Gasteiger partial charge is 0.343 e. The summed E-state index contributed by atoms with van der Waals surface area (Å²) in [5.41, 5.74) is 2.14. The highest BCUT2D eigenvalue weighted by Gasteiger charge is 2.29. The van der Waals surface area contributed by atoms with Crippen molar-refractivity contribution < 1.29 is 19.4 Å². The second-order valence-electron chi connectivity index (χ2n) is 6.76. The van der Waals surface area contributed by atoms with E-state index in [1.165, 1.54) is 13.2 Å². The first-order chi connectivity index (χ1) is 13.4. The number of benzene rings is 1. The Morgan fingerprint density at radius 3 is 2.54 bits per heavy atom. The number of fused-ring (bicyclic) bond motifs is 3. The third-order valence-corrected chi connectivity index (χ3v) is 4.81. The van der Waals surface area contributed by atoms with Crippen LogP contribution in [0.1, 0.15) is 56.6 Å². The monoisotopic (exact) mass is 387 g/mol. The molecular formula is C22H29NO5. The average Bonchev–Trinajstić information content (AvgIpc) is 2.68. The first-order valence-corrected chi connectivity index (χ1v) is 9.70. The molecule has 3 rings (SSSR count). The zero-order valence-electron chi connectivity index (χ0n) is 17.4. The topological polar surface area (TPSA) is 77.8 Å². The van der Waals surface area contributed by atoms with Gasteiger partial charge in [0.15, 0.2) is 16.9 Å². The molecule has 0 bridgehead atoms. The van der Waals surface area contributed by atoms with Gasteiger partial charge in [0.25, 0.3) is 0 Å². The number of methoxy groups -OCH3 is 1. The molecule has 0 saturated carbocycles.